The van der Waals surface area contributed by atoms with Crippen LogP contribution in [0.15, 0.2) is 18.5 Å². The molecule has 4 nitrogen and oxygen atoms in total. The zero-order valence-electron chi connectivity index (χ0n) is 8.61. The van der Waals surface area contributed by atoms with Crippen molar-refractivity contribution in [2.24, 2.45) is 0 Å². The fourth-order valence-electron chi connectivity index (χ4n) is 1.43. The minimum Gasteiger partial charge on any atom is -0.261 e. The molecule has 0 fully saturated rings. The number of rotatable bonds is 2. The number of hydrogen-bond acceptors (Lipinski definition) is 3. The van der Waals surface area contributed by atoms with Gasteiger partial charge in [-0.3, -0.25) is 4.98 Å². The Morgan fingerprint density at radius 3 is 2.73 bits per heavy atom. The monoisotopic (exact) mass is 206 g/mol. The molecule has 0 radical (unpaired) electrons. The van der Waals surface area contributed by atoms with Gasteiger partial charge in [0.25, 0.3) is 0 Å². The third-order valence-corrected chi connectivity index (χ3v) is 2.06. The molecule has 2 aromatic heterocycles. The lowest BCUT2D eigenvalue weighted by Crippen LogP contribution is -2.04. The highest BCUT2D eigenvalue weighted by molar-refractivity contribution is 5.10. The summed E-state index contributed by atoms with van der Waals surface area (Å²) in [4.78, 5) is 7.95. The van der Waals surface area contributed by atoms with E-state index in [4.69, 9.17) is 0 Å². The summed E-state index contributed by atoms with van der Waals surface area (Å²) in [6, 6.07) is 1.45. The maximum atomic E-state index is 12.9. The van der Waals surface area contributed by atoms with Gasteiger partial charge in [0.15, 0.2) is 0 Å². The van der Waals surface area contributed by atoms with Crippen LogP contribution in [0.3, 0.4) is 0 Å². The maximum absolute atomic E-state index is 12.9. The van der Waals surface area contributed by atoms with Crippen LogP contribution in [-0.2, 0) is 6.54 Å². The standard InChI is InChI=1S/C10H11FN4/c1-7-13-8(2)15(14-7)6-9-3-10(11)5-12-4-9/h3-5H,6H2,1-2H3. The van der Waals surface area contributed by atoms with Crippen molar-refractivity contribution < 1.29 is 4.39 Å². The van der Waals surface area contributed by atoms with Crippen LogP contribution in [0.25, 0.3) is 0 Å². The van der Waals surface area contributed by atoms with Crippen molar-refractivity contribution in [2.45, 2.75) is 20.4 Å². The third kappa shape index (κ3) is 2.18. The number of pyridine rings is 1. The molecule has 2 rings (SSSR count). The van der Waals surface area contributed by atoms with E-state index >= 15 is 0 Å². The summed E-state index contributed by atoms with van der Waals surface area (Å²) >= 11 is 0. The minimum atomic E-state index is -0.331. The third-order valence-electron chi connectivity index (χ3n) is 2.06. The lowest BCUT2D eigenvalue weighted by atomic mass is 10.3. The van der Waals surface area contributed by atoms with Crippen molar-refractivity contribution in [2.75, 3.05) is 0 Å². The summed E-state index contributed by atoms with van der Waals surface area (Å²) in [7, 11) is 0. The van der Waals surface area contributed by atoms with E-state index in [9.17, 15) is 4.39 Å². The van der Waals surface area contributed by atoms with Gasteiger partial charge in [-0.2, -0.15) is 5.10 Å². The molecule has 0 atom stereocenters. The van der Waals surface area contributed by atoms with Crippen molar-refractivity contribution in [3.8, 4) is 0 Å². The first-order valence-corrected chi connectivity index (χ1v) is 4.62. The van der Waals surface area contributed by atoms with Gasteiger partial charge in [0.2, 0.25) is 0 Å². The average Bonchev–Trinajstić information content (AvgIpc) is 2.45. The van der Waals surface area contributed by atoms with E-state index in [0.29, 0.717) is 6.54 Å². The molecule has 0 aliphatic heterocycles. The number of hydrogen-bond donors (Lipinski definition) is 0. The van der Waals surface area contributed by atoms with Gasteiger partial charge in [0.05, 0.1) is 12.7 Å². The van der Waals surface area contributed by atoms with Gasteiger partial charge in [-0.05, 0) is 25.5 Å². The van der Waals surface area contributed by atoms with E-state index < -0.39 is 0 Å². The fourth-order valence-corrected chi connectivity index (χ4v) is 1.43. The number of halogens is 1. The van der Waals surface area contributed by atoms with Crippen LogP contribution in [-0.4, -0.2) is 19.7 Å². The second-order valence-corrected chi connectivity index (χ2v) is 3.38. The van der Waals surface area contributed by atoms with Crippen LogP contribution in [0, 0.1) is 19.7 Å². The Labute approximate surface area is 86.8 Å². The van der Waals surface area contributed by atoms with Gasteiger partial charge < -0.3 is 0 Å². The summed E-state index contributed by atoms with van der Waals surface area (Å²) < 4.78 is 14.6. The molecule has 0 unspecified atom stereocenters. The van der Waals surface area contributed by atoms with Crippen LogP contribution < -0.4 is 0 Å². The topological polar surface area (TPSA) is 43.6 Å². The number of aromatic nitrogens is 4. The zero-order chi connectivity index (χ0) is 10.8. The van der Waals surface area contributed by atoms with E-state index in [1.54, 1.807) is 10.9 Å². The summed E-state index contributed by atoms with van der Waals surface area (Å²) in [6.45, 7) is 4.19. The predicted molar refractivity (Wildman–Crippen MR) is 52.8 cm³/mol. The first kappa shape index (κ1) is 9.76. The molecule has 0 spiro atoms. The molecule has 78 valence electrons. The van der Waals surface area contributed by atoms with Crippen LogP contribution in [0.4, 0.5) is 4.39 Å². The molecule has 5 heteroatoms. The van der Waals surface area contributed by atoms with Gasteiger partial charge in [-0.1, -0.05) is 0 Å². The molecule has 15 heavy (non-hydrogen) atoms. The first-order chi connectivity index (χ1) is 7.15. The molecule has 0 bridgehead atoms. The fraction of sp³-hybridized carbons (Fsp3) is 0.300. The molecular formula is C10H11FN4. The molecular weight excluding hydrogens is 195 g/mol. The Hall–Kier alpha value is -1.78. The average molecular weight is 206 g/mol. The quantitative estimate of drug-likeness (QED) is 0.747. The normalized spacial score (nSPS) is 10.6. The molecule has 0 aliphatic rings. The molecule has 0 saturated carbocycles. The second kappa shape index (κ2) is 3.76. The molecule has 0 amide bonds. The summed E-state index contributed by atoms with van der Waals surface area (Å²) in [5, 5.41) is 4.19. The van der Waals surface area contributed by atoms with Gasteiger partial charge in [-0.25, -0.2) is 14.1 Å². The lowest BCUT2D eigenvalue weighted by Gasteiger charge is -2.02. The van der Waals surface area contributed by atoms with E-state index in [1.165, 1.54) is 12.3 Å². The van der Waals surface area contributed by atoms with Gasteiger partial charge in [0, 0.05) is 6.20 Å². The summed E-state index contributed by atoms with van der Waals surface area (Å²) in [5.74, 6) is 1.20. The predicted octanol–water partition coefficient (Wildman–Crippen LogP) is 1.48. The Morgan fingerprint density at radius 1 is 1.33 bits per heavy atom. The highest BCUT2D eigenvalue weighted by Crippen LogP contribution is 2.05. The van der Waals surface area contributed by atoms with Crippen LogP contribution in [0.1, 0.15) is 17.2 Å². The highest BCUT2D eigenvalue weighted by atomic mass is 19.1. The number of nitrogens with zero attached hydrogens (tertiary/aromatic N) is 4. The summed E-state index contributed by atoms with van der Waals surface area (Å²) in [5.41, 5.74) is 0.781. The maximum Gasteiger partial charge on any atom is 0.147 e. The highest BCUT2D eigenvalue weighted by Gasteiger charge is 2.04. The summed E-state index contributed by atoms with van der Waals surface area (Å²) in [6.07, 6.45) is 2.81. The van der Waals surface area contributed by atoms with Crippen molar-refractivity contribution in [1.29, 1.82) is 0 Å². The Morgan fingerprint density at radius 2 is 2.13 bits per heavy atom. The molecule has 0 saturated heterocycles. The largest absolute Gasteiger partial charge is 0.261 e. The molecule has 0 aliphatic carbocycles. The van der Waals surface area contributed by atoms with Gasteiger partial charge in [-0.15, -0.1) is 0 Å². The SMILES string of the molecule is Cc1nc(C)n(Cc2cncc(F)c2)n1. The smallest absolute Gasteiger partial charge is 0.147 e. The van der Waals surface area contributed by atoms with Crippen LogP contribution >= 0.6 is 0 Å². The van der Waals surface area contributed by atoms with Gasteiger partial charge >= 0.3 is 0 Å². The second-order valence-electron chi connectivity index (χ2n) is 3.38. The number of aryl methyl sites for hydroxylation is 2. The van der Waals surface area contributed by atoms with Crippen LogP contribution in [0.2, 0.25) is 0 Å². The van der Waals surface area contributed by atoms with Crippen molar-refractivity contribution in [3.05, 3.63) is 41.5 Å². The molecule has 0 aromatic carbocycles. The Bertz CT molecular complexity index is 478. The van der Waals surface area contributed by atoms with Crippen molar-refractivity contribution in [1.82, 2.24) is 19.7 Å². The van der Waals surface area contributed by atoms with E-state index in [2.05, 4.69) is 15.1 Å². The van der Waals surface area contributed by atoms with Crippen molar-refractivity contribution in [3.63, 3.8) is 0 Å². The minimum absolute atomic E-state index is 0.331. The van der Waals surface area contributed by atoms with E-state index in [1.807, 2.05) is 13.8 Å². The molecule has 2 heterocycles. The Balaban J connectivity index is 2.25. The first-order valence-electron chi connectivity index (χ1n) is 4.62. The van der Waals surface area contributed by atoms with Crippen molar-refractivity contribution >= 4 is 0 Å². The van der Waals surface area contributed by atoms with E-state index in [-0.39, 0.29) is 5.82 Å². The molecule has 0 N–H and O–H groups in total. The molecule has 2 aromatic rings. The van der Waals surface area contributed by atoms with Crippen LogP contribution in [0.5, 0.6) is 0 Å². The van der Waals surface area contributed by atoms with E-state index in [0.717, 1.165) is 17.2 Å². The zero-order valence-corrected chi connectivity index (χ0v) is 8.61. The van der Waals surface area contributed by atoms with Gasteiger partial charge in [0.1, 0.15) is 17.5 Å². The Kier molecular flexibility index (Phi) is 2.45. The lowest BCUT2D eigenvalue weighted by molar-refractivity contribution is 0.607.